The summed E-state index contributed by atoms with van der Waals surface area (Å²) in [7, 11) is 0. The Morgan fingerprint density at radius 1 is 1.38 bits per heavy atom. The Morgan fingerprint density at radius 3 is 2.38 bits per heavy atom. The second-order valence-corrected chi connectivity index (χ2v) is 4.10. The van der Waals surface area contributed by atoms with E-state index in [0.717, 1.165) is 12.0 Å². The number of carboxylic acid groups (broad SMARTS) is 1. The topological polar surface area (TPSA) is 72.5 Å². The van der Waals surface area contributed by atoms with Crippen molar-refractivity contribution < 1.29 is 14.6 Å². The number of carbonyl (C=O) groups is 1. The predicted octanol–water partition coefficient (Wildman–Crippen LogP) is 1.43. The molecule has 4 heteroatoms. The maximum atomic E-state index is 10.9. The zero-order valence-corrected chi connectivity index (χ0v) is 9.56. The molecule has 1 aromatic carbocycles. The van der Waals surface area contributed by atoms with E-state index in [1.807, 2.05) is 12.1 Å². The SMILES string of the molecule is CC(C)(Oc1ccc(CCN)cc1)C(=O)O. The van der Waals surface area contributed by atoms with Crippen LogP contribution in [0.15, 0.2) is 24.3 Å². The molecule has 0 heterocycles. The van der Waals surface area contributed by atoms with Crippen molar-refractivity contribution in [2.24, 2.45) is 5.73 Å². The number of carboxylic acids is 1. The molecule has 3 N–H and O–H groups in total. The average molecular weight is 223 g/mol. The van der Waals surface area contributed by atoms with Crippen molar-refractivity contribution in [3.8, 4) is 5.75 Å². The molecule has 0 saturated carbocycles. The van der Waals surface area contributed by atoms with E-state index in [0.29, 0.717) is 12.3 Å². The number of hydrogen-bond donors (Lipinski definition) is 2. The van der Waals surface area contributed by atoms with Crippen molar-refractivity contribution in [1.82, 2.24) is 0 Å². The Kier molecular flexibility index (Phi) is 3.90. The van der Waals surface area contributed by atoms with Gasteiger partial charge in [-0.25, -0.2) is 4.79 Å². The fraction of sp³-hybridized carbons (Fsp3) is 0.417. The van der Waals surface area contributed by atoms with Crippen molar-refractivity contribution >= 4 is 5.97 Å². The lowest BCUT2D eigenvalue weighted by molar-refractivity contribution is -0.152. The third-order valence-electron chi connectivity index (χ3n) is 2.24. The molecular formula is C12H17NO3. The van der Waals surface area contributed by atoms with Crippen molar-refractivity contribution in [1.29, 1.82) is 0 Å². The highest BCUT2D eigenvalue weighted by atomic mass is 16.5. The Bertz CT molecular complexity index is 357. The molecule has 4 nitrogen and oxygen atoms in total. The first kappa shape index (κ1) is 12.5. The van der Waals surface area contributed by atoms with E-state index in [-0.39, 0.29) is 0 Å². The highest BCUT2D eigenvalue weighted by Gasteiger charge is 2.29. The van der Waals surface area contributed by atoms with E-state index in [9.17, 15) is 4.79 Å². The molecule has 0 radical (unpaired) electrons. The molecule has 0 aromatic heterocycles. The maximum absolute atomic E-state index is 10.9. The minimum atomic E-state index is -1.21. The molecular weight excluding hydrogens is 206 g/mol. The molecule has 0 spiro atoms. The summed E-state index contributed by atoms with van der Waals surface area (Å²) in [5.41, 5.74) is 5.33. The molecule has 1 aromatic rings. The van der Waals surface area contributed by atoms with Gasteiger partial charge in [-0.3, -0.25) is 0 Å². The highest BCUT2D eigenvalue weighted by Crippen LogP contribution is 2.19. The van der Waals surface area contributed by atoms with Gasteiger partial charge in [0.25, 0.3) is 0 Å². The normalized spacial score (nSPS) is 11.2. The van der Waals surface area contributed by atoms with Crippen LogP contribution in [0.5, 0.6) is 5.75 Å². The maximum Gasteiger partial charge on any atom is 0.347 e. The Hall–Kier alpha value is -1.55. The fourth-order valence-corrected chi connectivity index (χ4v) is 1.23. The number of hydrogen-bond acceptors (Lipinski definition) is 3. The predicted molar refractivity (Wildman–Crippen MR) is 61.5 cm³/mol. The van der Waals surface area contributed by atoms with E-state index in [2.05, 4.69) is 0 Å². The lowest BCUT2D eigenvalue weighted by Gasteiger charge is -2.21. The summed E-state index contributed by atoms with van der Waals surface area (Å²) in [5, 5.41) is 8.90. The summed E-state index contributed by atoms with van der Waals surface area (Å²) in [4.78, 5) is 10.9. The lowest BCUT2D eigenvalue weighted by atomic mass is 10.1. The van der Waals surface area contributed by atoms with Crippen molar-refractivity contribution in [2.45, 2.75) is 25.9 Å². The first-order valence-electron chi connectivity index (χ1n) is 5.17. The average Bonchev–Trinajstić information content (AvgIpc) is 2.21. The van der Waals surface area contributed by atoms with E-state index >= 15 is 0 Å². The number of ether oxygens (including phenoxy) is 1. The molecule has 0 aliphatic rings. The number of rotatable bonds is 5. The van der Waals surface area contributed by atoms with Gasteiger partial charge in [-0.2, -0.15) is 0 Å². The van der Waals surface area contributed by atoms with Crippen LogP contribution < -0.4 is 10.5 Å². The van der Waals surface area contributed by atoms with Gasteiger partial charge in [0.05, 0.1) is 0 Å². The van der Waals surface area contributed by atoms with Crippen LogP contribution in [0.1, 0.15) is 19.4 Å². The Labute approximate surface area is 95.0 Å². The van der Waals surface area contributed by atoms with Crippen LogP contribution in [0.2, 0.25) is 0 Å². The van der Waals surface area contributed by atoms with Crippen LogP contribution in [0.3, 0.4) is 0 Å². The zero-order valence-electron chi connectivity index (χ0n) is 9.56. The van der Waals surface area contributed by atoms with Crippen LogP contribution in [0.4, 0.5) is 0 Å². The molecule has 0 saturated heterocycles. The zero-order chi connectivity index (χ0) is 12.2. The van der Waals surface area contributed by atoms with Gasteiger partial charge in [-0.1, -0.05) is 12.1 Å². The summed E-state index contributed by atoms with van der Waals surface area (Å²) in [6.45, 7) is 3.63. The van der Waals surface area contributed by atoms with Gasteiger partial charge in [0, 0.05) is 0 Å². The Morgan fingerprint density at radius 2 is 1.94 bits per heavy atom. The highest BCUT2D eigenvalue weighted by molar-refractivity contribution is 5.76. The van der Waals surface area contributed by atoms with Gasteiger partial charge >= 0.3 is 5.97 Å². The third kappa shape index (κ3) is 3.24. The minimum absolute atomic E-state index is 0.549. The quantitative estimate of drug-likeness (QED) is 0.792. The fourth-order valence-electron chi connectivity index (χ4n) is 1.23. The summed E-state index contributed by atoms with van der Waals surface area (Å²) < 4.78 is 5.37. The molecule has 0 unspecified atom stereocenters. The summed E-state index contributed by atoms with van der Waals surface area (Å²) >= 11 is 0. The van der Waals surface area contributed by atoms with E-state index in [1.165, 1.54) is 13.8 Å². The van der Waals surface area contributed by atoms with E-state index in [1.54, 1.807) is 12.1 Å². The van der Waals surface area contributed by atoms with Gasteiger partial charge in [0.2, 0.25) is 0 Å². The Balaban J connectivity index is 2.72. The van der Waals surface area contributed by atoms with Crippen LogP contribution in [0.25, 0.3) is 0 Å². The van der Waals surface area contributed by atoms with Gasteiger partial charge in [0.1, 0.15) is 5.75 Å². The van der Waals surface area contributed by atoms with E-state index in [4.69, 9.17) is 15.6 Å². The first-order chi connectivity index (χ1) is 7.45. The van der Waals surface area contributed by atoms with Gasteiger partial charge < -0.3 is 15.6 Å². The number of aliphatic carboxylic acids is 1. The molecule has 0 atom stereocenters. The smallest absolute Gasteiger partial charge is 0.347 e. The standard InChI is InChI=1S/C12H17NO3/c1-12(2,11(14)15)16-10-5-3-9(4-6-10)7-8-13/h3-6H,7-8,13H2,1-2H3,(H,14,15). The monoisotopic (exact) mass is 223 g/mol. The van der Waals surface area contributed by atoms with Crippen LogP contribution in [-0.2, 0) is 11.2 Å². The molecule has 88 valence electrons. The molecule has 0 aliphatic heterocycles. The van der Waals surface area contributed by atoms with E-state index < -0.39 is 11.6 Å². The summed E-state index contributed by atoms with van der Waals surface area (Å²) in [6.07, 6.45) is 0.808. The molecule has 0 amide bonds. The third-order valence-corrected chi connectivity index (χ3v) is 2.24. The second kappa shape index (κ2) is 4.99. The number of benzene rings is 1. The molecule has 0 aliphatic carbocycles. The summed E-state index contributed by atoms with van der Waals surface area (Å²) in [6, 6.07) is 7.30. The first-order valence-corrected chi connectivity index (χ1v) is 5.17. The van der Waals surface area contributed by atoms with Crippen molar-refractivity contribution in [2.75, 3.05) is 6.54 Å². The lowest BCUT2D eigenvalue weighted by Crippen LogP contribution is -2.37. The molecule has 0 bridgehead atoms. The number of nitrogens with two attached hydrogens (primary N) is 1. The second-order valence-electron chi connectivity index (χ2n) is 4.10. The van der Waals surface area contributed by atoms with Crippen LogP contribution in [-0.4, -0.2) is 23.2 Å². The van der Waals surface area contributed by atoms with Crippen molar-refractivity contribution in [3.63, 3.8) is 0 Å². The molecule has 1 rings (SSSR count). The van der Waals surface area contributed by atoms with Gasteiger partial charge in [-0.15, -0.1) is 0 Å². The largest absolute Gasteiger partial charge is 0.478 e. The molecule has 0 fully saturated rings. The summed E-state index contributed by atoms with van der Waals surface area (Å²) in [5.74, 6) is -0.438. The van der Waals surface area contributed by atoms with Gasteiger partial charge in [-0.05, 0) is 44.5 Å². The molecule has 16 heavy (non-hydrogen) atoms. The van der Waals surface area contributed by atoms with Crippen molar-refractivity contribution in [3.05, 3.63) is 29.8 Å². The van der Waals surface area contributed by atoms with Crippen LogP contribution >= 0.6 is 0 Å². The minimum Gasteiger partial charge on any atom is -0.478 e. The van der Waals surface area contributed by atoms with Gasteiger partial charge in [0.15, 0.2) is 5.60 Å². The van der Waals surface area contributed by atoms with Crippen LogP contribution in [0, 0.1) is 0 Å².